The first-order valence-corrected chi connectivity index (χ1v) is 9.80. The van der Waals surface area contributed by atoms with E-state index in [9.17, 15) is 4.79 Å². The van der Waals surface area contributed by atoms with E-state index in [-0.39, 0.29) is 17.2 Å². The summed E-state index contributed by atoms with van der Waals surface area (Å²) in [4.78, 5) is 16.7. The van der Waals surface area contributed by atoms with Gasteiger partial charge < -0.3 is 5.32 Å². The van der Waals surface area contributed by atoms with Crippen LogP contribution in [0.3, 0.4) is 0 Å². The zero-order valence-corrected chi connectivity index (χ0v) is 15.6. The molecule has 1 fully saturated rings. The molecule has 1 aromatic carbocycles. The molecule has 1 atom stereocenters. The van der Waals surface area contributed by atoms with Crippen LogP contribution in [-0.4, -0.2) is 21.1 Å². The van der Waals surface area contributed by atoms with Gasteiger partial charge in [-0.3, -0.25) is 14.9 Å². The second-order valence-electron chi connectivity index (χ2n) is 7.67. The van der Waals surface area contributed by atoms with E-state index < -0.39 is 0 Å². The van der Waals surface area contributed by atoms with Crippen molar-refractivity contribution < 1.29 is 4.79 Å². The van der Waals surface area contributed by atoms with Gasteiger partial charge in [0.15, 0.2) is 5.82 Å². The molecule has 28 heavy (non-hydrogen) atoms. The summed E-state index contributed by atoms with van der Waals surface area (Å²) in [5.41, 5.74) is 4.03. The number of H-pyrrole nitrogens is 1. The van der Waals surface area contributed by atoms with Gasteiger partial charge in [-0.15, -0.1) is 0 Å². The molecule has 2 aromatic heterocycles. The number of aromatic amines is 1. The van der Waals surface area contributed by atoms with Gasteiger partial charge >= 0.3 is 0 Å². The molecule has 5 rings (SSSR count). The smallest absolute Gasteiger partial charge is 0.228 e. The predicted octanol–water partition coefficient (Wildman–Crippen LogP) is 4.10. The van der Waals surface area contributed by atoms with Crippen molar-refractivity contribution >= 4 is 17.8 Å². The lowest BCUT2D eigenvalue weighted by atomic mass is 9.69. The molecule has 2 heterocycles. The number of carbonyl (C=O) groups excluding carboxylic acids is 1. The standard InChI is InChI=1S/C23H22N4O/c28-22(16-6-4-7-16)25-21-19-11-12-23(14-20(19)26-27-21,17-8-2-1-3-9-17)18-10-5-13-24-15-18/h1-3,5,8-13,15-16H,4,6-7,14H2,(H2,25,26,27,28). The molecule has 0 aliphatic heterocycles. The Hall–Kier alpha value is -3.21. The third kappa shape index (κ3) is 2.74. The van der Waals surface area contributed by atoms with Gasteiger partial charge in [-0.2, -0.15) is 5.10 Å². The van der Waals surface area contributed by atoms with Crippen LogP contribution >= 0.6 is 0 Å². The number of nitrogens with zero attached hydrogens (tertiary/aromatic N) is 2. The number of aromatic nitrogens is 3. The van der Waals surface area contributed by atoms with Gasteiger partial charge in [0, 0.05) is 41.4 Å². The van der Waals surface area contributed by atoms with E-state index in [1.54, 1.807) is 6.20 Å². The van der Waals surface area contributed by atoms with Gasteiger partial charge in [0.2, 0.25) is 5.91 Å². The number of benzene rings is 1. The van der Waals surface area contributed by atoms with Crippen LogP contribution in [0.25, 0.3) is 6.08 Å². The SMILES string of the molecule is O=C(Nc1n[nH]c2c1C=CC(c1ccccc1)(c1cccnc1)C2)C1CCC1. The van der Waals surface area contributed by atoms with E-state index >= 15 is 0 Å². The number of anilines is 1. The Labute approximate surface area is 163 Å². The predicted molar refractivity (Wildman–Crippen MR) is 109 cm³/mol. The number of fused-ring (bicyclic) bond motifs is 1. The van der Waals surface area contributed by atoms with Crippen molar-refractivity contribution in [3.63, 3.8) is 0 Å². The Bertz CT molecular complexity index is 980. The molecular weight excluding hydrogens is 348 g/mol. The first kappa shape index (κ1) is 16.9. The first-order valence-electron chi connectivity index (χ1n) is 9.80. The number of rotatable bonds is 4. The Kier molecular flexibility index (Phi) is 4.08. The summed E-state index contributed by atoms with van der Waals surface area (Å²) >= 11 is 0. The fourth-order valence-corrected chi connectivity index (χ4v) is 4.17. The van der Waals surface area contributed by atoms with E-state index in [0.717, 1.165) is 42.5 Å². The summed E-state index contributed by atoms with van der Waals surface area (Å²) in [6, 6.07) is 14.5. The van der Waals surface area contributed by atoms with Crippen LogP contribution in [-0.2, 0) is 16.6 Å². The van der Waals surface area contributed by atoms with Gasteiger partial charge in [0.1, 0.15) is 0 Å². The highest BCUT2D eigenvalue weighted by Crippen LogP contribution is 2.42. The number of allylic oxidation sites excluding steroid dienone is 1. The van der Waals surface area contributed by atoms with Crippen molar-refractivity contribution in [1.82, 2.24) is 15.2 Å². The molecule has 140 valence electrons. The van der Waals surface area contributed by atoms with Crippen molar-refractivity contribution in [1.29, 1.82) is 0 Å². The van der Waals surface area contributed by atoms with Gasteiger partial charge in [0.25, 0.3) is 0 Å². The second kappa shape index (κ2) is 6.75. The van der Waals surface area contributed by atoms with Crippen LogP contribution < -0.4 is 5.32 Å². The zero-order chi connectivity index (χ0) is 19.0. The molecule has 0 radical (unpaired) electrons. The second-order valence-corrected chi connectivity index (χ2v) is 7.67. The molecule has 1 saturated carbocycles. The maximum atomic E-state index is 12.4. The summed E-state index contributed by atoms with van der Waals surface area (Å²) < 4.78 is 0. The number of amides is 1. The molecule has 5 nitrogen and oxygen atoms in total. The lowest BCUT2D eigenvalue weighted by Gasteiger charge is -2.34. The highest BCUT2D eigenvalue weighted by molar-refractivity contribution is 5.94. The van der Waals surface area contributed by atoms with Crippen LogP contribution in [0.1, 0.15) is 41.6 Å². The molecule has 0 spiro atoms. The first-order chi connectivity index (χ1) is 13.8. The number of hydrogen-bond acceptors (Lipinski definition) is 3. The summed E-state index contributed by atoms with van der Waals surface area (Å²) in [6.45, 7) is 0. The van der Waals surface area contributed by atoms with Gasteiger partial charge in [-0.05, 0) is 30.0 Å². The average Bonchev–Trinajstić information content (AvgIpc) is 3.09. The summed E-state index contributed by atoms with van der Waals surface area (Å²) in [5.74, 6) is 0.857. The number of carbonyl (C=O) groups is 1. The summed E-state index contributed by atoms with van der Waals surface area (Å²) in [6.07, 6.45) is 11.9. The molecule has 5 heteroatoms. The average molecular weight is 370 g/mol. The molecule has 1 unspecified atom stereocenters. The topological polar surface area (TPSA) is 70.7 Å². The van der Waals surface area contributed by atoms with E-state index in [2.05, 4.69) is 63.0 Å². The molecule has 0 saturated heterocycles. The van der Waals surface area contributed by atoms with Gasteiger partial charge in [0.05, 0.1) is 0 Å². The molecule has 3 aromatic rings. The van der Waals surface area contributed by atoms with E-state index in [4.69, 9.17) is 0 Å². The molecule has 1 amide bonds. The lowest BCUT2D eigenvalue weighted by Crippen LogP contribution is -2.31. The monoisotopic (exact) mass is 370 g/mol. The van der Waals surface area contributed by atoms with Crippen LogP contribution in [0, 0.1) is 5.92 Å². The van der Waals surface area contributed by atoms with Crippen LogP contribution in [0.4, 0.5) is 5.82 Å². The summed E-state index contributed by atoms with van der Waals surface area (Å²) in [7, 11) is 0. The minimum absolute atomic E-state index is 0.0844. The van der Waals surface area contributed by atoms with E-state index in [1.807, 2.05) is 18.3 Å². The van der Waals surface area contributed by atoms with Gasteiger partial charge in [-0.25, -0.2) is 0 Å². The Morgan fingerprint density at radius 1 is 1.11 bits per heavy atom. The zero-order valence-electron chi connectivity index (χ0n) is 15.6. The molecule has 0 bridgehead atoms. The molecular formula is C23H22N4O. The van der Waals surface area contributed by atoms with Crippen molar-refractivity contribution in [3.8, 4) is 0 Å². The van der Waals surface area contributed by atoms with Crippen LogP contribution in [0.15, 0.2) is 60.9 Å². The van der Waals surface area contributed by atoms with Crippen LogP contribution in [0.2, 0.25) is 0 Å². The van der Waals surface area contributed by atoms with Crippen molar-refractivity contribution in [3.05, 3.63) is 83.3 Å². The molecule has 2 N–H and O–H groups in total. The molecule has 2 aliphatic carbocycles. The molecule has 2 aliphatic rings. The van der Waals surface area contributed by atoms with Crippen molar-refractivity contribution in [2.24, 2.45) is 5.92 Å². The summed E-state index contributed by atoms with van der Waals surface area (Å²) in [5, 5.41) is 10.6. The van der Waals surface area contributed by atoms with E-state index in [0.29, 0.717) is 5.82 Å². The van der Waals surface area contributed by atoms with Gasteiger partial charge in [-0.1, -0.05) is 55.0 Å². The normalized spacial score (nSPS) is 21.0. The van der Waals surface area contributed by atoms with Crippen molar-refractivity contribution in [2.75, 3.05) is 5.32 Å². The fraction of sp³-hybridized carbons (Fsp3) is 0.261. The Balaban J connectivity index is 1.52. The van der Waals surface area contributed by atoms with E-state index in [1.165, 1.54) is 5.56 Å². The lowest BCUT2D eigenvalue weighted by molar-refractivity contribution is -0.122. The highest BCUT2D eigenvalue weighted by Gasteiger charge is 2.37. The Morgan fingerprint density at radius 3 is 2.64 bits per heavy atom. The minimum Gasteiger partial charge on any atom is -0.308 e. The number of pyridine rings is 1. The maximum absolute atomic E-state index is 12.4. The quantitative estimate of drug-likeness (QED) is 0.726. The third-order valence-electron chi connectivity index (χ3n) is 6.06. The highest BCUT2D eigenvalue weighted by atomic mass is 16.2. The largest absolute Gasteiger partial charge is 0.308 e. The number of nitrogens with one attached hydrogen (secondary N) is 2. The fourth-order valence-electron chi connectivity index (χ4n) is 4.17. The third-order valence-corrected chi connectivity index (χ3v) is 6.06. The van der Waals surface area contributed by atoms with Crippen LogP contribution in [0.5, 0.6) is 0 Å². The number of hydrogen-bond donors (Lipinski definition) is 2. The minimum atomic E-state index is -0.315. The van der Waals surface area contributed by atoms with Crippen molar-refractivity contribution in [2.45, 2.75) is 31.1 Å². The maximum Gasteiger partial charge on any atom is 0.228 e. The Morgan fingerprint density at radius 2 is 1.93 bits per heavy atom.